The molecule has 0 aromatic heterocycles. The summed E-state index contributed by atoms with van der Waals surface area (Å²) in [7, 11) is 0. The maximum atomic E-state index is 9.27. The number of phenolic OH excluding ortho intramolecular Hbond substituents is 1. The maximum absolute atomic E-state index is 9.27. The molecular weight excluding hydrogens is 206 g/mol. The molecule has 1 N–H and O–H groups in total. The third-order valence-electron chi connectivity index (χ3n) is 1.38. The average molecular weight is 211 g/mol. The van der Waals surface area contributed by atoms with Crippen LogP contribution in [0.1, 0.15) is 5.56 Å². The van der Waals surface area contributed by atoms with Gasteiger partial charge in [-0.05, 0) is 13.0 Å². The molecule has 1 rings (SSSR count). The van der Waals surface area contributed by atoms with Crippen LogP contribution in [0.4, 0.5) is 0 Å². The van der Waals surface area contributed by atoms with Crippen LogP contribution in [-0.4, -0.2) is 5.11 Å². The van der Waals surface area contributed by atoms with Crippen LogP contribution < -0.4 is 0 Å². The van der Waals surface area contributed by atoms with Gasteiger partial charge in [-0.25, -0.2) is 0 Å². The number of phenols is 1. The van der Waals surface area contributed by atoms with E-state index in [9.17, 15) is 5.11 Å². The molecule has 60 valence electrons. The SMILES string of the molecule is Cc1c(Cl)cc(Cl)c(Cl)c1O. The molecule has 0 heterocycles. The predicted molar refractivity (Wildman–Crippen MR) is 47.9 cm³/mol. The zero-order chi connectivity index (χ0) is 8.59. The molecule has 4 heteroatoms. The summed E-state index contributed by atoms with van der Waals surface area (Å²) < 4.78 is 0. The molecule has 11 heavy (non-hydrogen) atoms. The molecule has 0 fully saturated rings. The number of rotatable bonds is 0. The Bertz CT molecular complexity index is 270. The van der Waals surface area contributed by atoms with Gasteiger partial charge in [-0.15, -0.1) is 0 Å². The first-order chi connectivity index (χ1) is 5.04. The predicted octanol–water partition coefficient (Wildman–Crippen LogP) is 3.66. The Morgan fingerprint density at radius 1 is 1.18 bits per heavy atom. The van der Waals surface area contributed by atoms with Gasteiger partial charge in [0.2, 0.25) is 0 Å². The first-order valence-corrected chi connectivity index (χ1v) is 4.00. The highest BCUT2D eigenvalue weighted by atomic mass is 35.5. The number of benzene rings is 1. The van der Waals surface area contributed by atoms with Gasteiger partial charge >= 0.3 is 0 Å². The van der Waals surface area contributed by atoms with Gasteiger partial charge in [0.25, 0.3) is 0 Å². The van der Waals surface area contributed by atoms with Crippen molar-refractivity contribution >= 4 is 34.8 Å². The lowest BCUT2D eigenvalue weighted by Crippen LogP contribution is -1.79. The van der Waals surface area contributed by atoms with Crippen molar-refractivity contribution in [3.05, 3.63) is 26.7 Å². The minimum absolute atomic E-state index is 0.0517. The Kier molecular flexibility index (Phi) is 2.53. The molecule has 0 amide bonds. The number of halogens is 3. The van der Waals surface area contributed by atoms with Crippen molar-refractivity contribution in [3.63, 3.8) is 0 Å². The van der Waals surface area contributed by atoms with Gasteiger partial charge in [-0.1, -0.05) is 34.8 Å². The van der Waals surface area contributed by atoms with Gasteiger partial charge in [-0.3, -0.25) is 0 Å². The summed E-state index contributed by atoms with van der Waals surface area (Å²) in [6.45, 7) is 1.67. The molecule has 0 bridgehead atoms. The second-order valence-electron chi connectivity index (χ2n) is 2.13. The first kappa shape index (κ1) is 8.98. The first-order valence-electron chi connectivity index (χ1n) is 2.87. The van der Waals surface area contributed by atoms with Crippen molar-refractivity contribution in [2.45, 2.75) is 6.92 Å². The van der Waals surface area contributed by atoms with Crippen LogP contribution in [-0.2, 0) is 0 Å². The van der Waals surface area contributed by atoms with E-state index >= 15 is 0 Å². The summed E-state index contributed by atoms with van der Waals surface area (Å²) in [6.07, 6.45) is 0. The number of aromatic hydroxyl groups is 1. The van der Waals surface area contributed by atoms with Crippen molar-refractivity contribution in [1.82, 2.24) is 0 Å². The van der Waals surface area contributed by atoms with E-state index in [0.717, 1.165) is 0 Å². The zero-order valence-corrected chi connectivity index (χ0v) is 7.93. The van der Waals surface area contributed by atoms with Crippen molar-refractivity contribution in [2.75, 3.05) is 0 Å². The monoisotopic (exact) mass is 210 g/mol. The van der Waals surface area contributed by atoms with Crippen LogP contribution in [0.5, 0.6) is 5.75 Å². The molecule has 0 aliphatic heterocycles. The second-order valence-corrected chi connectivity index (χ2v) is 3.32. The van der Waals surface area contributed by atoms with Crippen molar-refractivity contribution in [3.8, 4) is 5.75 Å². The van der Waals surface area contributed by atoms with Crippen LogP contribution in [0.2, 0.25) is 15.1 Å². The minimum atomic E-state index is -0.0517. The lowest BCUT2D eigenvalue weighted by atomic mass is 10.2. The van der Waals surface area contributed by atoms with Gasteiger partial charge in [-0.2, -0.15) is 0 Å². The normalized spacial score (nSPS) is 10.2. The van der Waals surface area contributed by atoms with Crippen LogP contribution in [0.15, 0.2) is 6.07 Å². The summed E-state index contributed by atoms with van der Waals surface area (Å²) >= 11 is 16.9. The Morgan fingerprint density at radius 3 is 2.27 bits per heavy atom. The van der Waals surface area contributed by atoms with E-state index in [2.05, 4.69) is 0 Å². The highest BCUT2D eigenvalue weighted by Gasteiger charge is 2.09. The van der Waals surface area contributed by atoms with Gasteiger partial charge in [0.1, 0.15) is 10.8 Å². The Morgan fingerprint density at radius 2 is 1.73 bits per heavy atom. The maximum Gasteiger partial charge on any atom is 0.140 e. The summed E-state index contributed by atoms with van der Waals surface area (Å²) in [5, 5.41) is 10.1. The Balaban J connectivity index is 3.46. The summed E-state index contributed by atoms with van der Waals surface area (Å²) in [5.74, 6) is -0.0517. The van der Waals surface area contributed by atoms with Gasteiger partial charge in [0, 0.05) is 10.6 Å². The molecule has 1 nitrogen and oxygen atoms in total. The minimum Gasteiger partial charge on any atom is -0.506 e. The summed E-state index contributed by atoms with van der Waals surface area (Å²) in [5.41, 5.74) is 0.543. The zero-order valence-electron chi connectivity index (χ0n) is 5.66. The van der Waals surface area contributed by atoms with Crippen molar-refractivity contribution in [2.24, 2.45) is 0 Å². The third-order valence-corrected chi connectivity index (χ3v) is 2.55. The standard InChI is InChI=1S/C7H5Cl3O/c1-3-4(8)2-5(9)6(10)7(3)11/h2,11H,1H3. The van der Waals surface area contributed by atoms with E-state index in [1.807, 2.05) is 0 Å². The second kappa shape index (κ2) is 3.10. The fourth-order valence-corrected chi connectivity index (χ4v) is 1.32. The number of hydrogen-bond acceptors (Lipinski definition) is 1. The quantitative estimate of drug-likeness (QED) is 0.649. The van der Waals surface area contributed by atoms with Crippen molar-refractivity contribution in [1.29, 1.82) is 0 Å². The van der Waals surface area contributed by atoms with E-state index in [1.165, 1.54) is 6.07 Å². The van der Waals surface area contributed by atoms with Crippen LogP contribution in [0, 0.1) is 6.92 Å². The third kappa shape index (κ3) is 1.56. The fourth-order valence-electron chi connectivity index (χ4n) is 0.674. The van der Waals surface area contributed by atoms with Crippen LogP contribution >= 0.6 is 34.8 Å². The van der Waals surface area contributed by atoms with Gasteiger partial charge in [0.15, 0.2) is 0 Å². The molecule has 0 saturated carbocycles. The molecule has 0 saturated heterocycles. The molecule has 0 aliphatic carbocycles. The van der Waals surface area contributed by atoms with E-state index in [1.54, 1.807) is 6.92 Å². The molecule has 0 atom stereocenters. The highest BCUT2D eigenvalue weighted by molar-refractivity contribution is 6.44. The van der Waals surface area contributed by atoms with E-state index in [0.29, 0.717) is 10.6 Å². The van der Waals surface area contributed by atoms with Gasteiger partial charge < -0.3 is 5.11 Å². The molecule has 0 radical (unpaired) electrons. The average Bonchev–Trinajstić information content (AvgIpc) is 1.97. The summed E-state index contributed by atoms with van der Waals surface area (Å²) in [6, 6.07) is 1.50. The van der Waals surface area contributed by atoms with E-state index in [-0.39, 0.29) is 15.8 Å². The topological polar surface area (TPSA) is 20.2 Å². The van der Waals surface area contributed by atoms with E-state index in [4.69, 9.17) is 34.8 Å². The Labute approximate surface area is 79.5 Å². The summed E-state index contributed by atoms with van der Waals surface area (Å²) in [4.78, 5) is 0. The molecule has 0 unspecified atom stereocenters. The molecule has 0 spiro atoms. The fraction of sp³-hybridized carbons (Fsp3) is 0.143. The molecule has 0 aliphatic rings. The van der Waals surface area contributed by atoms with Crippen molar-refractivity contribution < 1.29 is 5.11 Å². The molecule has 1 aromatic carbocycles. The van der Waals surface area contributed by atoms with E-state index < -0.39 is 0 Å². The largest absolute Gasteiger partial charge is 0.506 e. The van der Waals surface area contributed by atoms with Crippen LogP contribution in [0.3, 0.4) is 0 Å². The lowest BCUT2D eigenvalue weighted by Gasteiger charge is -2.04. The molecular formula is C7H5Cl3O. The van der Waals surface area contributed by atoms with Gasteiger partial charge in [0.05, 0.1) is 5.02 Å². The lowest BCUT2D eigenvalue weighted by molar-refractivity contribution is 0.471. The highest BCUT2D eigenvalue weighted by Crippen LogP contribution is 2.37. The molecule has 1 aromatic rings. The Hall–Kier alpha value is -0.110. The smallest absolute Gasteiger partial charge is 0.140 e. The number of hydrogen-bond donors (Lipinski definition) is 1. The van der Waals surface area contributed by atoms with Crippen LogP contribution in [0.25, 0.3) is 0 Å².